The first-order chi connectivity index (χ1) is 8.15. The average molecular weight is 253 g/mol. The van der Waals surface area contributed by atoms with E-state index in [1.165, 1.54) is 12.1 Å². The van der Waals surface area contributed by atoms with E-state index in [4.69, 9.17) is 22.1 Å². The van der Waals surface area contributed by atoms with Crippen molar-refractivity contribution >= 4 is 17.3 Å². The number of nitrogens with two attached hydrogens (primary N) is 1. The molecule has 0 amide bonds. The second-order valence-corrected chi connectivity index (χ2v) is 3.85. The van der Waals surface area contributed by atoms with Crippen LogP contribution >= 0.6 is 11.6 Å². The highest BCUT2D eigenvalue weighted by Gasteiger charge is 2.02. The van der Waals surface area contributed by atoms with Crippen LogP contribution in [0.25, 0.3) is 0 Å². The summed E-state index contributed by atoms with van der Waals surface area (Å²) in [7, 11) is 0. The summed E-state index contributed by atoms with van der Waals surface area (Å²) in [6.45, 7) is 0.228. The molecule has 1 aromatic heterocycles. The van der Waals surface area contributed by atoms with Crippen molar-refractivity contribution < 1.29 is 9.13 Å². The Labute approximate surface area is 103 Å². The van der Waals surface area contributed by atoms with Gasteiger partial charge in [-0.3, -0.25) is 4.98 Å². The first-order valence-electron chi connectivity index (χ1n) is 4.93. The van der Waals surface area contributed by atoms with Crippen LogP contribution in [0, 0.1) is 5.82 Å². The maximum atomic E-state index is 13.1. The molecule has 0 unspecified atom stereocenters. The quantitative estimate of drug-likeness (QED) is 0.913. The van der Waals surface area contributed by atoms with E-state index in [9.17, 15) is 4.39 Å². The highest BCUT2D eigenvalue weighted by atomic mass is 35.5. The molecule has 0 spiro atoms. The summed E-state index contributed by atoms with van der Waals surface area (Å²) in [5, 5.41) is 0.0689. The molecule has 0 radical (unpaired) electrons. The maximum Gasteiger partial charge on any atom is 0.145 e. The fourth-order valence-electron chi connectivity index (χ4n) is 1.30. The van der Waals surface area contributed by atoms with Gasteiger partial charge in [0.05, 0.1) is 10.7 Å². The number of hydrogen-bond acceptors (Lipinski definition) is 3. The summed E-state index contributed by atoms with van der Waals surface area (Å²) in [4.78, 5) is 4.07. The predicted molar refractivity (Wildman–Crippen MR) is 64.4 cm³/mol. The normalized spacial score (nSPS) is 10.2. The monoisotopic (exact) mass is 252 g/mol. The Hall–Kier alpha value is -1.81. The van der Waals surface area contributed by atoms with Gasteiger partial charge in [0.2, 0.25) is 0 Å². The van der Waals surface area contributed by atoms with Crippen molar-refractivity contribution in [1.29, 1.82) is 0 Å². The summed E-state index contributed by atoms with van der Waals surface area (Å²) in [6.07, 6.45) is 1.59. The molecule has 88 valence electrons. The summed E-state index contributed by atoms with van der Waals surface area (Å²) in [5.41, 5.74) is 6.89. The number of pyridine rings is 1. The molecule has 0 atom stereocenters. The van der Waals surface area contributed by atoms with Gasteiger partial charge in [-0.1, -0.05) is 11.6 Å². The number of anilines is 1. The summed E-state index contributed by atoms with van der Waals surface area (Å²) >= 11 is 5.56. The van der Waals surface area contributed by atoms with Gasteiger partial charge in [-0.15, -0.1) is 0 Å². The Bertz CT molecular complexity index is 534. The number of hydrogen-bond donors (Lipinski definition) is 1. The van der Waals surface area contributed by atoms with Gasteiger partial charge in [0.15, 0.2) is 0 Å². The van der Waals surface area contributed by atoms with Crippen LogP contribution in [0.5, 0.6) is 5.75 Å². The van der Waals surface area contributed by atoms with Gasteiger partial charge in [0.25, 0.3) is 0 Å². The summed E-state index contributed by atoms with van der Waals surface area (Å²) in [5.74, 6) is -0.110. The third-order valence-corrected chi connectivity index (χ3v) is 2.42. The first-order valence-corrected chi connectivity index (χ1v) is 5.31. The van der Waals surface area contributed by atoms with Gasteiger partial charge in [-0.25, -0.2) is 4.39 Å². The SMILES string of the molecule is Nc1ccnc(COc2ccc(Cl)c(F)c2)c1. The number of nitrogen functional groups attached to an aromatic ring is 1. The fourth-order valence-corrected chi connectivity index (χ4v) is 1.42. The van der Waals surface area contributed by atoms with Crippen LogP contribution in [0.15, 0.2) is 36.5 Å². The molecule has 1 aromatic carbocycles. The lowest BCUT2D eigenvalue weighted by Gasteiger charge is -2.06. The molecule has 0 aliphatic rings. The minimum atomic E-state index is -0.510. The second-order valence-electron chi connectivity index (χ2n) is 3.45. The highest BCUT2D eigenvalue weighted by molar-refractivity contribution is 6.30. The molecule has 3 nitrogen and oxygen atoms in total. The molecule has 2 rings (SSSR count). The molecule has 5 heteroatoms. The number of ether oxygens (including phenoxy) is 1. The van der Waals surface area contributed by atoms with Crippen LogP contribution < -0.4 is 10.5 Å². The zero-order chi connectivity index (χ0) is 12.3. The minimum Gasteiger partial charge on any atom is -0.487 e. The molecule has 0 fully saturated rings. The fraction of sp³-hybridized carbons (Fsp3) is 0.0833. The number of rotatable bonds is 3. The third-order valence-electron chi connectivity index (χ3n) is 2.12. The second kappa shape index (κ2) is 5.01. The molecular weight excluding hydrogens is 243 g/mol. The molecule has 0 saturated carbocycles. The first kappa shape index (κ1) is 11.7. The van der Waals surface area contributed by atoms with Gasteiger partial charge >= 0.3 is 0 Å². The highest BCUT2D eigenvalue weighted by Crippen LogP contribution is 2.21. The van der Waals surface area contributed by atoms with Gasteiger partial charge in [0, 0.05) is 18.0 Å². The zero-order valence-electron chi connectivity index (χ0n) is 8.86. The van der Waals surface area contributed by atoms with E-state index in [2.05, 4.69) is 4.98 Å². The Morgan fingerprint density at radius 3 is 2.82 bits per heavy atom. The molecule has 0 bridgehead atoms. The van der Waals surface area contributed by atoms with Crippen LogP contribution in [-0.2, 0) is 6.61 Å². The molecule has 2 aromatic rings. The summed E-state index contributed by atoms with van der Waals surface area (Å²) < 4.78 is 18.5. The zero-order valence-corrected chi connectivity index (χ0v) is 9.62. The number of halogens is 2. The maximum absolute atomic E-state index is 13.1. The number of benzene rings is 1. The van der Waals surface area contributed by atoms with Crippen molar-refractivity contribution in [3.05, 3.63) is 53.1 Å². The van der Waals surface area contributed by atoms with Gasteiger partial charge in [-0.2, -0.15) is 0 Å². The standard InChI is InChI=1S/C12H10ClFN2O/c13-11-2-1-10(6-12(11)14)17-7-9-5-8(15)3-4-16-9/h1-6H,7H2,(H2,15,16). The van der Waals surface area contributed by atoms with Crippen LogP contribution in [0.1, 0.15) is 5.69 Å². The van der Waals surface area contributed by atoms with E-state index in [0.717, 1.165) is 0 Å². The molecular formula is C12H10ClFN2O. The Kier molecular flexibility index (Phi) is 3.44. The smallest absolute Gasteiger partial charge is 0.145 e. The lowest BCUT2D eigenvalue weighted by molar-refractivity contribution is 0.300. The van der Waals surface area contributed by atoms with Crippen molar-refractivity contribution in [2.24, 2.45) is 0 Å². The Morgan fingerprint density at radius 2 is 2.12 bits per heavy atom. The van der Waals surface area contributed by atoms with Gasteiger partial charge in [0.1, 0.15) is 18.2 Å². The van der Waals surface area contributed by atoms with Gasteiger partial charge < -0.3 is 10.5 Å². The van der Waals surface area contributed by atoms with Crippen LogP contribution in [0.4, 0.5) is 10.1 Å². The average Bonchev–Trinajstić information content (AvgIpc) is 2.31. The molecule has 2 N–H and O–H groups in total. The van der Waals surface area contributed by atoms with E-state index < -0.39 is 5.82 Å². The largest absolute Gasteiger partial charge is 0.487 e. The van der Waals surface area contributed by atoms with Crippen LogP contribution in [0.2, 0.25) is 5.02 Å². The lowest BCUT2D eigenvalue weighted by Crippen LogP contribution is -1.99. The lowest BCUT2D eigenvalue weighted by atomic mass is 10.3. The molecule has 0 aliphatic carbocycles. The minimum absolute atomic E-state index is 0.0689. The molecule has 0 aliphatic heterocycles. The van der Waals surface area contributed by atoms with Crippen molar-refractivity contribution in [2.75, 3.05) is 5.73 Å². The third kappa shape index (κ3) is 3.07. The molecule has 17 heavy (non-hydrogen) atoms. The Balaban J connectivity index is 2.05. The number of aromatic nitrogens is 1. The van der Waals surface area contributed by atoms with E-state index in [1.807, 2.05) is 0 Å². The van der Waals surface area contributed by atoms with Gasteiger partial charge in [-0.05, 0) is 24.3 Å². The Morgan fingerprint density at radius 1 is 1.29 bits per heavy atom. The molecule has 0 saturated heterocycles. The van der Waals surface area contributed by atoms with Crippen molar-refractivity contribution in [2.45, 2.75) is 6.61 Å². The molecule has 1 heterocycles. The van der Waals surface area contributed by atoms with E-state index in [-0.39, 0.29) is 11.6 Å². The predicted octanol–water partition coefficient (Wildman–Crippen LogP) is 3.04. The van der Waals surface area contributed by atoms with E-state index in [1.54, 1.807) is 24.4 Å². The number of nitrogens with zero attached hydrogens (tertiary/aromatic N) is 1. The van der Waals surface area contributed by atoms with E-state index >= 15 is 0 Å². The van der Waals surface area contributed by atoms with Crippen LogP contribution in [-0.4, -0.2) is 4.98 Å². The van der Waals surface area contributed by atoms with Crippen LogP contribution in [0.3, 0.4) is 0 Å². The van der Waals surface area contributed by atoms with Crippen molar-refractivity contribution in [3.63, 3.8) is 0 Å². The summed E-state index contributed by atoms with van der Waals surface area (Å²) in [6, 6.07) is 7.66. The van der Waals surface area contributed by atoms with Crippen molar-refractivity contribution in [3.8, 4) is 5.75 Å². The topological polar surface area (TPSA) is 48.1 Å². The van der Waals surface area contributed by atoms with Crippen molar-refractivity contribution in [1.82, 2.24) is 4.98 Å². The van der Waals surface area contributed by atoms with E-state index in [0.29, 0.717) is 17.1 Å².